The van der Waals surface area contributed by atoms with Crippen molar-refractivity contribution >= 4 is 32.8 Å². The minimum atomic E-state index is -3.71. The summed E-state index contributed by atoms with van der Waals surface area (Å²) in [5, 5.41) is 15.4. The van der Waals surface area contributed by atoms with Gasteiger partial charge in [-0.2, -0.15) is 0 Å². The predicted octanol–water partition coefficient (Wildman–Crippen LogP) is 2.34. The molecule has 1 aromatic heterocycles. The highest BCUT2D eigenvalue weighted by Gasteiger charge is 2.18. The first-order valence-electron chi connectivity index (χ1n) is 9.69. The summed E-state index contributed by atoms with van der Waals surface area (Å²) in [4.78, 5) is 29.6. The highest BCUT2D eigenvalue weighted by atomic mass is 32.2. The van der Waals surface area contributed by atoms with E-state index in [0.717, 1.165) is 5.39 Å². The molecule has 11 nitrogen and oxygen atoms in total. The summed E-state index contributed by atoms with van der Waals surface area (Å²) in [6.45, 7) is 0.0744. The molecule has 0 aliphatic rings. The number of carbonyl (C=O) groups is 2. The number of sulfonamides is 1. The van der Waals surface area contributed by atoms with Gasteiger partial charge in [0.2, 0.25) is 15.9 Å². The third-order valence-corrected chi connectivity index (χ3v) is 5.90. The van der Waals surface area contributed by atoms with E-state index in [1.54, 1.807) is 30.5 Å². The Labute approximate surface area is 179 Å². The highest BCUT2D eigenvalue weighted by Crippen LogP contribution is 2.20. The Kier molecular flexibility index (Phi) is 9.19. The SMILES string of the molecule is [N-]=[N+]=NC[C@H](CC(=O)O)NC(=O)CCCCCNS(=O)(=O)c1cccc2cccnc12. The lowest BCUT2D eigenvalue weighted by atomic mass is 10.1. The summed E-state index contributed by atoms with van der Waals surface area (Å²) < 4.78 is 27.7. The lowest BCUT2D eigenvalue weighted by Crippen LogP contribution is -2.38. The van der Waals surface area contributed by atoms with Crippen LogP contribution < -0.4 is 10.0 Å². The monoisotopic (exact) mass is 448 g/mol. The van der Waals surface area contributed by atoms with Crippen molar-refractivity contribution in [3.05, 3.63) is 47.0 Å². The largest absolute Gasteiger partial charge is 0.481 e. The van der Waals surface area contributed by atoms with Crippen molar-refractivity contribution in [2.45, 2.75) is 43.0 Å². The summed E-state index contributed by atoms with van der Waals surface area (Å²) in [5.74, 6) is -1.45. The molecule has 0 aliphatic heterocycles. The fourth-order valence-electron chi connectivity index (χ4n) is 2.97. The van der Waals surface area contributed by atoms with Crippen LogP contribution in [-0.2, 0) is 19.6 Å². The third-order valence-electron chi connectivity index (χ3n) is 4.41. The van der Waals surface area contributed by atoms with Gasteiger partial charge in [-0.25, -0.2) is 13.1 Å². The Morgan fingerprint density at radius 2 is 1.97 bits per heavy atom. The summed E-state index contributed by atoms with van der Waals surface area (Å²) in [7, 11) is -3.71. The molecule has 12 heteroatoms. The third kappa shape index (κ3) is 7.85. The van der Waals surface area contributed by atoms with Gasteiger partial charge in [0.05, 0.1) is 11.9 Å². The zero-order valence-corrected chi connectivity index (χ0v) is 17.6. The molecule has 2 rings (SSSR count). The van der Waals surface area contributed by atoms with E-state index in [1.807, 2.05) is 0 Å². The van der Waals surface area contributed by atoms with E-state index < -0.39 is 22.0 Å². The first-order chi connectivity index (χ1) is 14.8. The average Bonchev–Trinajstić information content (AvgIpc) is 2.73. The van der Waals surface area contributed by atoms with Crippen LogP contribution in [0.1, 0.15) is 32.1 Å². The fraction of sp³-hybridized carbons (Fsp3) is 0.421. The van der Waals surface area contributed by atoms with Gasteiger partial charge in [0.25, 0.3) is 0 Å². The number of hydrogen-bond acceptors (Lipinski definition) is 6. The second-order valence-corrected chi connectivity index (χ2v) is 8.55. The van der Waals surface area contributed by atoms with Gasteiger partial charge in [-0.1, -0.05) is 29.7 Å². The van der Waals surface area contributed by atoms with E-state index in [9.17, 15) is 18.0 Å². The summed E-state index contributed by atoms with van der Waals surface area (Å²) in [6, 6.07) is 7.73. The van der Waals surface area contributed by atoms with E-state index in [-0.39, 0.29) is 36.7 Å². The second kappa shape index (κ2) is 11.8. The van der Waals surface area contributed by atoms with Crippen LogP contribution in [-0.4, -0.2) is 49.5 Å². The molecule has 1 aromatic carbocycles. The molecule has 1 heterocycles. The number of nitrogens with one attached hydrogen (secondary N) is 2. The molecule has 0 saturated heterocycles. The number of pyridine rings is 1. The van der Waals surface area contributed by atoms with Crippen LogP contribution in [0.5, 0.6) is 0 Å². The summed E-state index contributed by atoms with van der Waals surface area (Å²) >= 11 is 0. The van der Waals surface area contributed by atoms with Gasteiger partial charge in [0.15, 0.2) is 0 Å². The molecule has 0 fully saturated rings. The van der Waals surface area contributed by atoms with Crippen LogP contribution in [0.4, 0.5) is 0 Å². The molecule has 0 unspecified atom stereocenters. The Morgan fingerprint density at radius 3 is 2.71 bits per heavy atom. The van der Waals surface area contributed by atoms with Gasteiger partial charge in [-0.05, 0) is 30.5 Å². The van der Waals surface area contributed by atoms with Crippen molar-refractivity contribution in [1.29, 1.82) is 0 Å². The maximum absolute atomic E-state index is 12.6. The van der Waals surface area contributed by atoms with Gasteiger partial charge < -0.3 is 10.4 Å². The highest BCUT2D eigenvalue weighted by molar-refractivity contribution is 7.89. The van der Waals surface area contributed by atoms with Crippen molar-refractivity contribution in [3.8, 4) is 0 Å². The molecule has 1 amide bonds. The Balaban J connectivity index is 1.75. The van der Waals surface area contributed by atoms with E-state index in [2.05, 4.69) is 25.0 Å². The van der Waals surface area contributed by atoms with Crippen LogP contribution >= 0.6 is 0 Å². The zero-order chi connectivity index (χ0) is 22.7. The van der Waals surface area contributed by atoms with Gasteiger partial charge in [-0.3, -0.25) is 14.6 Å². The van der Waals surface area contributed by atoms with Crippen LogP contribution in [0, 0.1) is 0 Å². The lowest BCUT2D eigenvalue weighted by molar-refractivity contribution is -0.137. The number of aromatic nitrogens is 1. The summed E-state index contributed by atoms with van der Waals surface area (Å²) in [5.41, 5.74) is 8.74. The van der Waals surface area contributed by atoms with Crippen molar-refractivity contribution in [1.82, 2.24) is 15.0 Å². The minimum Gasteiger partial charge on any atom is -0.481 e. The first kappa shape index (κ1) is 24.1. The molecular formula is C19H24N6O5S. The van der Waals surface area contributed by atoms with Crippen LogP contribution in [0.25, 0.3) is 21.3 Å². The van der Waals surface area contributed by atoms with Crippen molar-refractivity contribution in [3.63, 3.8) is 0 Å². The number of carboxylic acids is 1. The predicted molar refractivity (Wildman–Crippen MR) is 114 cm³/mol. The first-order valence-corrected chi connectivity index (χ1v) is 11.2. The van der Waals surface area contributed by atoms with E-state index in [4.69, 9.17) is 10.6 Å². The fourth-order valence-corrected chi connectivity index (χ4v) is 4.22. The van der Waals surface area contributed by atoms with Crippen molar-refractivity contribution < 1.29 is 23.1 Å². The Morgan fingerprint density at radius 1 is 1.19 bits per heavy atom. The number of amides is 1. The topological polar surface area (TPSA) is 174 Å². The van der Waals surface area contributed by atoms with E-state index in [1.165, 1.54) is 6.07 Å². The van der Waals surface area contributed by atoms with Crippen LogP contribution in [0.2, 0.25) is 0 Å². The van der Waals surface area contributed by atoms with Gasteiger partial charge in [-0.15, -0.1) is 0 Å². The van der Waals surface area contributed by atoms with E-state index >= 15 is 0 Å². The maximum Gasteiger partial charge on any atom is 0.305 e. The van der Waals surface area contributed by atoms with E-state index in [0.29, 0.717) is 24.8 Å². The summed E-state index contributed by atoms with van der Waals surface area (Å²) in [6.07, 6.45) is 3.00. The smallest absolute Gasteiger partial charge is 0.305 e. The van der Waals surface area contributed by atoms with Crippen LogP contribution in [0.3, 0.4) is 0 Å². The van der Waals surface area contributed by atoms with Crippen LogP contribution in [0.15, 0.2) is 46.5 Å². The number of benzene rings is 1. The number of nitrogens with zero attached hydrogens (tertiary/aromatic N) is 4. The number of carboxylic acid groups (broad SMARTS) is 1. The number of carbonyl (C=O) groups excluding carboxylic acids is 1. The molecule has 1 atom stereocenters. The Bertz CT molecular complexity index is 1060. The molecule has 3 N–H and O–H groups in total. The Hall–Kier alpha value is -3.21. The quantitative estimate of drug-likeness (QED) is 0.183. The molecule has 0 bridgehead atoms. The number of azide groups is 1. The molecule has 0 aliphatic carbocycles. The molecule has 0 spiro atoms. The van der Waals surface area contributed by atoms with Gasteiger partial charge >= 0.3 is 5.97 Å². The number of rotatable bonds is 13. The standard InChI is InChI=1S/C19H24N6O5S/c20-25-22-13-15(12-18(27)28)24-17(26)9-2-1-3-11-23-31(29,30)16-8-4-6-14-7-5-10-21-19(14)16/h4-8,10,15,23H,1-3,9,11-13H2,(H,24,26)(H,27,28)/t15-/m0/s1. The van der Waals surface area contributed by atoms with Crippen molar-refractivity contribution in [2.75, 3.05) is 13.1 Å². The van der Waals surface area contributed by atoms with Gasteiger partial charge in [0, 0.05) is 42.0 Å². The number of fused-ring (bicyclic) bond motifs is 1. The number of aliphatic carboxylic acids is 1. The number of unbranched alkanes of at least 4 members (excludes halogenated alkanes) is 2. The van der Waals surface area contributed by atoms with Gasteiger partial charge in [0.1, 0.15) is 4.90 Å². The molecule has 166 valence electrons. The molecule has 31 heavy (non-hydrogen) atoms. The molecule has 0 saturated carbocycles. The molecular weight excluding hydrogens is 424 g/mol. The zero-order valence-electron chi connectivity index (χ0n) is 16.8. The number of hydrogen-bond donors (Lipinski definition) is 3. The molecule has 2 aromatic rings. The van der Waals surface area contributed by atoms with Crippen molar-refractivity contribution in [2.24, 2.45) is 5.11 Å². The maximum atomic E-state index is 12.6. The number of para-hydroxylation sites is 1. The minimum absolute atomic E-state index is 0.120. The lowest BCUT2D eigenvalue weighted by Gasteiger charge is -2.14. The average molecular weight is 449 g/mol. The second-order valence-electron chi connectivity index (χ2n) is 6.82. The normalized spacial score (nSPS) is 12.1. The molecule has 0 radical (unpaired) electrons.